The molecule has 84 valence electrons. The van der Waals surface area contributed by atoms with Crippen LogP contribution in [-0.2, 0) is 6.42 Å². The molecule has 0 bridgehead atoms. The summed E-state index contributed by atoms with van der Waals surface area (Å²) in [6.45, 7) is 1.96. The second kappa shape index (κ2) is 5.23. The molecule has 0 saturated carbocycles. The van der Waals surface area contributed by atoms with Crippen LogP contribution < -0.4 is 0 Å². The molecule has 1 heterocycles. The molecule has 0 aliphatic rings. The van der Waals surface area contributed by atoms with E-state index in [1.807, 2.05) is 30.5 Å². The number of benzene rings is 1. The van der Waals surface area contributed by atoms with Gasteiger partial charge >= 0.3 is 0 Å². The maximum absolute atomic E-state index is 9.94. The van der Waals surface area contributed by atoms with Crippen molar-refractivity contribution in [2.24, 2.45) is 0 Å². The molecular formula is C13H15NOS. The van der Waals surface area contributed by atoms with E-state index >= 15 is 0 Å². The second-order valence-corrected chi connectivity index (χ2v) is 4.89. The van der Waals surface area contributed by atoms with Crippen LogP contribution in [0.5, 0.6) is 0 Å². The number of nitrogens with zero attached hydrogens (tertiary/aromatic N) is 1. The number of aryl methyl sites for hydroxylation is 2. The lowest BCUT2D eigenvalue weighted by Crippen LogP contribution is -2.00. The van der Waals surface area contributed by atoms with Gasteiger partial charge in [-0.25, -0.2) is 4.98 Å². The molecule has 1 aromatic carbocycles. The quantitative estimate of drug-likeness (QED) is 0.880. The van der Waals surface area contributed by atoms with Crippen LogP contribution in [0.15, 0.2) is 35.7 Å². The lowest BCUT2D eigenvalue weighted by atomic mass is 10.1. The summed E-state index contributed by atoms with van der Waals surface area (Å²) in [5, 5.41) is 12.9. The number of hydrogen-bond acceptors (Lipinski definition) is 3. The first kappa shape index (κ1) is 11.3. The molecule has 1 aromatic heterocycles. The summed E-state index contributed by atoms with van der Waals surface area (Å²) in [5.74, 6) is 0. The first-order valence-corrected chi connectivity index (χ1v) is 6.27. The van der Waals surface area contributed by atoms with Crippen LogP contribution >= 0.6 is 11.3 Å². The summed E-state index contributed by atoms with van der Waals surface area (Å²) in [6, 6.07) is 10.2. The molecule has 0 radical (unpaired) electrons. The van der Waals surface area contributed by atoms with E-state index in [0.29, 0.717) is 0 Å². The van der Waals surface area contributed by atoms with Gasteiger partial charge in [0.1, 0.15) is 0 Å². The molecular weight excluding hydrogens is 218 g/mol. The van der Waals surface area contributed by atoms with E-state index in [4.69, 9.17) is 0 Å². The molecule has 0 saturated heterocycles. The fourth-order valence-corrected chi connectivity index (χ4v) is 2.29. The van der Waals surface area contributed by atoms with E-state index < -0.39 is 6.10 Å². The zero-order chi connectivity index (χ0) is 11.4. The summed E-state index contributed by atoms with van der Waals surface area (Å²) in [6.07, 6.45) is 1.18. The lowest BCUT2D eigenvalue weighted by Gasteiger charge is -2.07. The summed E-state index contributed by atoms with van der Waals surface area (Å²) < 4.78 is 0. The summed E-state index contributed by atoms with van der Waals surface area (Å²) >= 11 is 1.58. The maximum Gasteiger partial charge on any atom is 0.0971 e. The number of aliphatic hydroxyl groups is 1. The van der Waals surface area contributed by atoms with Crippen molar-refractivity contribution in [3.05, 3.63) is 52.0 Å². The summed E-state index contributed by atoms with van der Waals surface area (Å²) in [5.41, 5.74) is 2.06. The zero-order valence-electron chi connectivity index (χ0n) is 9.26. The Morgan fingerprint density at radius 1 is 1.31 bits per heavy atom. The third-order valence-electron chi connectivity index (χ3n) is 2.53. The van der Waals surface area contributed by atoms with Crippen molar-refractivity contribution >= 4 is 11.3 Å². The van der Waals surface area contributed by atoms with Gasteiger partial charge in [0, 0.05) is 5.38 Å². The van der Waals surface area contributed by atoms with Crippen LogP contribution in [0.1, 0.15) is 28.8 Å². The minimum atomic E-state index is -0.440. The van der Waals surface area contributed by atoms with Crippen molar-refractivity contribution in [2.45, 2.75) is 25.9 Å². The predicted octanol–water partition coefficient (Wildman–Crippen LogP) is 3.12. The zero-order valence-corrected chi connectivity index (χ0v) is 10.1. The largest absolute Gasteiger partial charge is 0.387 e. The molecule has 0 aliphatic heterocycles. The molecule has 2 rings (SSSR count). The fourth-order valence-electron chi connectivity index (χ4n) is 1.63. The Morgan fingerprint density at radius 2 is 2.06 bits per heavy atom. The monoisotopic (exact) mass is 233 g/mol. The van der Waals surface area contributed by atoms with Gasteiger partial charge in [-0.05, 0) is 25.3 Å². The number of aromatic nitrogens is 1. The second-order valence-electron chi connectivity index (χ2n) is 3.83. The first-order chi connectivity index (χ1) is 7.75. The molecule has 16 heavy (non-hydrogen) atoms. The first-order valence-electron chi connectivity index (χ1n) is 5.40. The van der Waals surface area contributed by atoms with Gasteiger partial charge in [0.15, 0.2) is 0 Å². The molecule has 0 aliphatic carbocycles. The van der Waals surface area contributed by atoms with Gasteiger partial charge in [0.2, 0.25) is 0 Å². The van der Waals surface area contributed by atoms with Gasteiger partial charge < -0.3 is 5.11 Å². The van der Waals surface area contributed by atoms with Crippen LogP contribution in [0, 0.1) is 6.92 Å². The minimum Gasteiger partial charge on any atom is -0.387 e. The van der Waals surface area contributed by atoms with E-state index in [1.165, 1.54) is 5.56 Å². The van der Waals surface area contributed by atoms with Crippen LogP contribution in [0.3, 0.4) is 0 Å². The van der Waals surface area contributed by atoms with Gasteiger partial charge in [-0.3, -0.25) is 0 Å². The maximum atomic E-state index is 9.94. The molecule has 3 heteroatoms. The highest BCUT2D eigenvalue weighted by atomic mass is 32.1. The number of rotatable bonds is 4. The van der Waals surface area contributed by atoms with Crippen LogP contribution in [0.4, 0.5) is 0 Å². The third-order valence-corrected chi connectivity index (χ3v) is 3.32. The van der Waals surface area contributed by atoms with Crippen LogP contribution in [0.25, 0.3) is 0 Å². The average molecular weight is 233 g/mol. The SMILES string of the molecule is Cc1nc(C(O)CCc2ccccc2)cs1. The summed E-state index contributed by atoms with van der Waals surface area (Å²) in [4.78, 5) is 4.29. The third kappa shape index (κ3) is 2.90. The van der Waals surface area contributed by atoms with Crippen LogP contribution in [-0.4, -0.2) is 10.1 Å². The topological polar surface area (TPSA) is 33.1 Å². The Labute approximate surface area is 99.6 Å². The Morgan fingerprint density at radius 3 is 2.69 bits per heavy atom. The van der Waals surface area contributed by atoms with Gasteiger partial charge in [-0.1, -0.05) is 30.3 Å². The van der Waals surface area contributed by atoms with E-state index in [0.717, 1.165) is 23.5 Å². The smallest absolute Gasteiger partial charge is 0.0971 e. The predicted molar refractivity (Wildman–Crippen MR) is 66.6 cm³/mol. The average Bonchev–Trinajstić information content (AvgIpc) is 2.74. The van der Waals surface area contributed by atoms with Gasteiger partial charge in [-0.2, -0.15) is 0 Å². The molecule has 2 nitrogen and oxygen atoms in total. The molecule has 0 fully saturated rings. The van der Waals surface area contributed by atoms with E-state index in [9.17, 15) is 5.11 Å². The van der Waals surface area contributed by atoms with Crippen molar-refractivity contribution in [2.75, 3.05) is 0 Å². The fraction of sp³-hybridized carbons (Fsp3) is 0.308. The Balaban J connectivity index is 1.91. The normalized spacial score (nSPS) is 12.6. The van der Waals surface area contributed by atoms with Crippen molar-refractivity contribution < 1.29 is 5.11 Å². The molecule has 1 N–H and O–H groups in total. The van der Waals surface area contributed by atoms with Crippen LogP contribution in [0.2, 0.25) is 0 Å². The van der Waals surface area contributed by atoms with Crippen molar-refractivity contribution in [3.8, 4) is 0 Å². The van der Waals surface area contributed by atoms with Gasteiger partial charge in [-0.15, -0.1) is 11.3 Å². The van der Waals surface area contributed by atoms with E-state index in [-0.39, 0.29) is 0 Å². The van der Waals surface area contributed by atoms with E-state index in [2.05, 4.69) is 17.1 Å². The Bertz CT molecular complexity index is 438. The van der Waals surface area contributed by atoms with Gasteiger partial charge in [0.25, 0.3) is 0 Å². The van der Waals surface area contributed by atoms with Crippen molar-refractivity contribution in [3.63, 3.8) is 0 Å². The molecule has 2 aromatic rings. The number of aliphatic hydroxyl groups excluding tert-OH is 1. The van der Waals surface area contributed by atoms with E-state index in [1.54, 1.807) is 11.3 Å². The molecule has 1 unspecified atom stereocenters. The molecule has 1 atom stereocenters. The molecule has 0 spiro atoms. The highest BCUT2D eigenvalue weighted by Crippen LogP contribution is 2.20. The van der Waals surface area contributed by atoms with Gasteiger partial charge in [0.05, 0.1) is 16.8 Å². The minimum absolute atomic E-state index is 0.440. The molecule has 0 amide bonds. The highest BCUT2D eigenvalue weighted by molar-refractivity contribution is 7.09. The Hall–Kier alpha value is -1.19. The number of thiazole rings is 1. The van der Waals surface area contributed by atoms with Crippen molar-refractivity contribution in [1.82, 2.24) is 4.98 Å². The summed E-state index contributed by atoms with van der Waals surface area (Å²) in [7, 11) is 0. The highest BCUT2D eigenvalue weighted by Gasteiger charge is 2.10. The standard InChI is InChI=1S/C13H15NOS/c1-10-14-12(9-16-10)13(15)8-7-11-5-3-2-4-6-11/h2-6,9,13,15H,7-8H2,1H3. The van der Waals surface area contributed by atoms with Crippen molar-refractivity contribution in [1.29, 1.82) is 0 Å². The lowest BCUT2D eigenvalue weighted by molar-refractivity contribution is 0.163. The number of hydrogen-bond donors (Lipinski definition) is 1. The Kier molecular flexibility index (Phi) is 3.70.